The first-order valence-corrected chi connectivity index (χ1v) is 7.71. The van der Waals surface area contributed by atoms with E-state index in [1.165, 1.54) is 12.8 Å². The summed E-state index contributed by atoms with van der Waals surface area (Å²) >= 11 is 0. The van der Waals surface area contributed by atoms with Gasteiger partial charge in [0.2, 0.25) is 0 Å². The molecule has 3 unspecified atom stereocenters. The minimum Gasteiger partial charge on any atom is -0.467 e. The van der Waals surface area contributed by atoms with E-state index >= 15 is 0 Å². The zero-order valence-electron chi connectivity index (χ0n) is 12.2. The lowest BCUT2D eigenvalue weighted by Crippen LogP contribution is -2.41. The highest BCUT2D eigenvalue weighted by molar-refractivity contribution is 5.16. The fraction of sp³-hybridized carbons (Fsp3) is 0.562. The minimum atomic E-state index is -0.0204. The molecule has 112 valence electrons. The Morgan fingerprint density at radius 1 is 1.38 bits per heavy atom. The van der Waals surface area contributed by atoms with Crippen molar-refractivity contribution in [3.8, 4) is 0 Å². The monoisotopic (exact) mass is 287 g/mol. The summed E-state index contributed by atoms with van der Waals surface area (Å²) in [5.41, 5.74) is 0. The first-order valence-electron chi connectivity index (χ1n) is 7.71. The van der Waals surface area contributed by atoms with Gasteiger partial charge in [0.25, 0.3) is 0 Å². The van der Waals surface area contributed by atoms with E-state index in [2.05, 4.69) is 10.3 Å². The average molecular weight is 287 g/mol. The number of imidazole rings is 1. The van der Waals surface area contributed by atoms with Gasteiger partial charge in [0.1, 0.15) is 17.6 Å². The number of nitrogens with one attached hydrogen (secondary N) is 1. The highest BCUT2D eigenvalue weighted by Gasteiger charge is 2.42. The van der Waals surface area contributed by atoms with E-state index in [9.17, 15) is 0 Å². The average Bonchev–Trinajstić information content (AvgIpc) is 2.93. The number of ether oxygens (including phenoxy) is 1. The van der Waals surface area contributed by atoms with E-state index in [1.807, 2.05) is 36.1 Å². The van der Waals surface area contributed by atoms with Gasteiger partial charge in [-0.1, -0.05) is 0 Å². The van der Waals surface area contributed by atoms with E-state index in [0.717, 1.165) is 30.5 Å². The van der Waals surface area contributed by atoms with Crippen molar-refractivity contribution < 1.29 is 9.15 Å². The normalized spacial score (nSPS) is 27.1. The van der Waals surface area contributed by atoms with Crippen molar-refractivity contribution >= 4 is 0 Å². The zero-order valence-corrected chi connectivity index (χ0v) is 12.2. The lowest BCUT2D eigenvalue weighted by atomic mass is 10.0. The summed E-state index contributed by atoms with van der Waals surface area (Å²) in [6.45, 7) is 0.851. The number of nitrogens with zero attached hydrogens (tertiary/aromatic N) is 2. The molecule has 0 radical (unpaired) electrons. The van der Waals surface area contributed by atoms with Crippen LogP contribution in [0.1, 0.15) is 36.9 Å². The smallest absolute Gasteiger partial charge is 0.133 e. The molecule has 4 rings (SSSR count). The third-order valence-corrected chi connectivity index (χ3v) is 4.55. The van der Waals surface area contributed by atoms with Gasteiger partial charge in [-0.3, -0.25) is 5.32 Å². The number of hydrogen-bond acceptors (Lipinski definition) is 4. The second-order valence-electron chi connectivity index (χ2n) is 6.08. The quantitative estimate of drug-likeness (QED) is 0.916. The van der Waals surface area contributed by atoms with E-state index in [1.54, 1.807) is 6.26 Å². The molecule has 1 aliphatic heterocycles. The first kappa shape index (κ1) is 13.1. The lowest BCUT2D eigenvalue weighted by molar-refractivity contribution is 0.0790. The summed E-state index contributed by atoms with van der Waals surface area (Å²) in [7, 11) is 2.02. The number of hydrogen-bond donors (Lipinski definition) is 1. The molecule has 0 aromatic carbocycles. The van der Waals surface area contributed by atoms with Gasteiger partial charge in [-0.25, -0.2) is 4.98 Å². The maximum atomic E-state index is 5.94. The summed E-state index contributed by atoms with van der Waals surface area (Å²) in [4.78, 5) is 4.50. The van der Waals surface area contributed by atoms with Gasteiger partial charge in [0.15, 0.2) is 0 Å². The largest absolute Gasteiger partial charge is 0.467 e. The lowest BCUT2D eigenvalue weighted by Gasteiger charge is -2.25. The number of aryl methyl sites for hydroxylation is 1. The topological polar surface area (TPSA) is 52.2 Å². The molecule has 1 saturated carbocycles. The Balaban J connectivity index is 1.59. The number of aromatic nitrogens is 2. The molecule has 0 bridgehead atoms. The van der Waals surface area contributed by atoms with Crippen molar-refractivity contribution in [2.75, 3.05) is 6.61 Å². The molecule has 2 aromatic heterocycles. The molecule has 2 aliphatic rings. The molecule has 5 nitrogen and oxygen atoms in total. The van der Waals surface area contributed by atoms with Crippen molar-refractivity contribution in [3.05, 3.63) is 42.4 Å². The maximum Gasteiger partial charge on any atom is 0.133 e. The Morgan fingerprint density at radius 3 is 2.95 bits per heavy atom. The maximum absolute atomic E-state index is 5.94. The predicted molar refractivity (Wildman–Crippen MR) is 77.8 cm³/mol. The molecule has 1 aliphatic carbocycles. The summed E-state index contributed by atoms with van der Waals surface area (Å²) in [5, 5.41) is 3.73. The summed E-state index contributed by atoms with van der Waals surface area (Å²) in [6.07, 6.45) is 9.53. The van der Waals surface area contributed by atoms with Crippen LogP contribution in [0.4, 0.5) is 0 Å². The van der Waals surface area contributed by atoms with Gasteiger partial charge >= 0.3 is 0 Å². The Kier molecular flexibility index (Phi) is 3.31. The van der Waals surface area contributed by atoms with Crippen LogP contribution in [0.25, 0.3) is 0 Å². The molecular weight excluding hydrogens is 266 g/mol. The highest BCUT2D eigenvalue weighted by atomic mass is 16.5. The van der Waals surface area contributed by atoms with Crippen molar-refractivity contribution in [2.45, 2.75) is 37.5 Å². The van der Waals surface area contributed by atoms with Crippen LogP contribution in [0.15, 0.2) is 35.2 Å². The fourth-order valence-corrected chi connectivity index (χ4v) is 3.29. The Hall–Kier alpha value is -1.59. The van der Waals surface area contributed by atoms with Crippen LogP contribution in [0.5, 0.6) is 0 Å². The van der Waals surface area contributed by atoms with Crippen molar-refractivity contribution in [1.82, 2.24) is 14.9 Å². The molecule has 5 heteroatoms. The van der Waals surface area contributed by atoms with Crippen LogP contribution < -0.4 is 5.32 Å². The standard InChI is InChI=1S/C16H21N3O2/c1-19-8-7-17-16(19)14(13-3-2-9-20-13)18-12-6-10-21-15(12)11-4-5-11/h2-3,7-9,11-12,14-15,18H,4-6,10H2,1H3. The van der Waals surface area contributed by atoms with Crippen LogP contribution >= 0.6 is 0 Å². The minimum absolute atomic E-state index is 0.0204. The van der Waals surface area contributed by atoms with Gasteiger partial charge in [-0.05, 0) is 37.3 Å². The van der Waals surface area contributed by atoms with Crippen molar-refractivity contribution in [2.24, 2.45) is 13.0 Å². The Labute approximate surface area is 124 Å². The molecule has 21 heavy (non-hydrogen) atoms. The third kappa shape index (κ3) is 2.51. The molecule has 1 saturated heterocycles. The molecule has 2 fully saturated rings. The second kappa shape index (κ2) is 5.31. The predicted octanol–water partition coefficient (Wildman–Crippen LogP) is 2.26. The van der Waals surface area contributed by atoms with Gasteiger partial charge in [-0.15, -0.1) is 0 Å². The van der Waals surface area contributed by atoms with Crippen LogP contribution in [0, 0.1) is 5.92 Å². The molecule has 3 atom stereocenters. The second-order valence-corrected chi connectivity index (χ2v) is 6.08. The Morgan fingerprint density at radius 2 is 2.29 bits per heavy atom. The van der Waals surface area contributed by atoms with Gasteiger partial charge in [0, 0.05) is 32.1 Å². The number of furan rings is 1. The summed E-state index contributed by atoms with van der Waals surface area (Å²) < 4.78 is 13.6. The van der Waals surface area contributed by atoms with Crippen LogP contribution in [0.3, 0.4) is 0 Å². The van der Waals surface area contributed by atoms with Crippen LogP contribution in [-0.2, 0) is 11.8 Å². The van der Waals surface area contributed by atoms with Crippen molar-refractivity contribution in [1.29, 1.82) is 0 Å². The Bertz CT molecular complexity index is 588. The molecule has 3 heterocycles. The SMILES string of the molecule is Cn1ccnc1C(NC1CCOC1C1CC1)c1ccco1. The van der Waals surface area contributed by atoms with E-state index in [0.29, 0.717) is 12.1 Å². The molecular formula is C16H21N3O2. The van der Waals surface area contributed by atoms with Crippen LogP contribution in [-0.4, -0.2) is 28.3 Å². The summed E-state index contributed by atoms with van der Waals surface area (Å²) in [5.74, 6) is 2.63. The van der Waals surface area contributed by atoms with Crippen molar-refractivity contribution in [3.63, 3.8) is 0 Å². The summed E-state index contributed by atoms with van der Waals surface area (Å²) in [6, 6.07) is 4.29. The van der Waals surface area contributed by atoms with E-state index < -0.39 is 0 Å². The molecule has 0 spiro atoms. The van der Waals surface area contributed by atoms with Gasteiger partial charge < -0.3 is 13.7 Å². The third-order valence-electron chi connectivity index (χ3n) is 4.55. The van der Waals surface area contributed by atoms with Crippen LogP contribution in [0.2, 0.25) is 0 Å². The molecule has 1 N–H and O–H groups in total. The molecule has 0 amide bonds. The molecule has 2 aromatic rings. The fourth-order valence-electron chi connectivity index (χ4n) is 3.29. The van der Waals surface area contributed by atoms with E-state index in [-0.39, 0.29) is 6.04 Å². The first-order chi connectivity index (χ1) is 10.3. The highest BCUT2D eigenvalue weighted by Crippen LogP contribution is 2.39. The number of rotatable bonds is 5. The van der Waals surface area contributed by atoms with Gasteiger partial charge in [-0.2, -0.15) is 0 Å². The zero-order chi connectivity index (χ0) is 14.2. The van der Waals surface area contributed by atoms with E-state index in [4.69, 9.17) is 9.15 Å². The van der Waals surface area contributed by atoms with Gasteiger partial charge in [0.05, 0.1) is 12.4 Å².